The molecule has 0 atom stereocenters. The third kappa shape index (κ3) is 3.48. The maximum Gasteiger partial charge on any atom is 0.244 e. The van der Waals surface area contributed by atoms with E-state index in [0.717, 1.165) is 44.0 Å². The Morgan fingerprint density at radius 1 is 1.15 bits per heavy atom. The van der Waals surface area contributed by atoms with Crippen LogP contribution < -0.4 is 10.2 Å². The molecule has 0 aromatic heterocycles. The van der Waals surface area contributed by atoms with Gasteiger partial charge in [0.2, 0.25) is 11.8 Å². The van der Waals surface area contributed by atoms with Crippen LogP contribution in [0.15, 0.2) is 24.3 Å². The Hall–Kier alpha value is -1.92. The van der Waals surface area contributed by atoms with E-state index < -0.39 is 0 Å². The lowest BCUT2D eigenvalue weighted by Gasteiger charge is -2.47. The molecule has 6 nitrogen and oxygen atoms in total. The number of rotatable bonds is 2. The second-order valence-electron chi connectivity index (χ2n) is 8.16. The molecule has 2 saturated heterocycles. The minimum Gasteiger partial charge on any atom is -0.323 e. The molecule has 3 heterocycles. The second-order valence-corrected chi connectivity index (χ2v) is 8.16. The van der Waals surface area contributed by atoms with Gasteiger partial charge in [-0.2, -0.15) is 0 Å². The van der Waals surface area contributed by atoms with Crippen LogP contribution in [0.25, 0.3) is 0 Å². The zero-order chi connectivity index (χ0) is 18.1. The molecule has 1 aromatic rings. The lowest BCUT2D eigenvalue weighted by molar-refractivity contribution is -0.123. The summed E-state index contributed by atoms with van der Waals surface area (Å²) in [6.07, 6.45) is 4.89. The van der Waals surface area contributed by atoms with Gasteiger partial charge in [-0.3, -0.25) is 19.4 Å². The Labute approximate surface area is 155 Å². The fourth-order valence-electron chi connectivity index (χ4n) is 4.68. The van der Waals surface area contributed by atoms with Crippen LogP contribution in [0.3, 0.4) is 0 Å². The second kappa shape index (κ2) is 7.00. The Morgan fingerprint density at radius 3 is 2.73 bits per heavy atom. The molecule has 0 radical (unpaired) electrons. The van der Waals surface area contributed by atoms with Gasteiger partial charge in [0.1, 0.15) is 6.54 Å². The first-order chi connectivity index (χ1) is 12.5. The van der Waals surface area contributed by atoms with Crippen molar-refractivity contribution in [1.82, 2.24) is 9.80 Å². The van der Waals surface area contributed by atoms with Crippen LogP contribution in [0.2, 0.25) is 0 Å². The van der Waals surface area contributed by atoms with Crippen LogP contribution in [0, 0.1) is 5.41 Å². The average Bonchev–Trinajstić information content (AvgIpc) is 2.64. The monoisotopic (exact) mass is 356 g/mol. The van der Waals surface area contributed by atoms with Crippen molar-refractivity contribution in [2.75, 3.05) is 56.5 Å². The largest absolute Gasteiger partial charge is 0.323 e. The highest BCUT2D eigenvalue weighted by atomic mass is 16.2. The fraction of sp³-hybridized carbons (Fsp3) is 0.600. The number of hydrogen-bond donors (Lipinski definition) is 1. The summed E-state index contributed by atoms with van der Waals surface area (Å²) in [6.45, 7) is 4.81. The third-order valence-electron chi connectivity index (χ3n) is 6.22. The van der Waals surface area contributed by atoms with E-state index >= 15 is 0 Å². The van der Waals surface area contributed by atoms with Gasteiger partial charge >= 0.3 is 0 Å². The van der Waals surface area contributed by atoms with E-state index in [0.29, 0.717) is 12.0 Å². The smallest absolute Gasteiger partial charge is 0.244 e. The van der Waals surface area contributed by atoms with Gasteiger partial charge in [-0.1, -0.05) is 12.1 Å². The van der Waals surface area contributed by atoms with Crippen molar-refractivity contribution in [2.45, 2.75) is 25.7 Å². The quantitative estimate of drug-likeness (QED) is 0.878. The third-order valence-corrected chi connectivity index (χ3v) is 6.22. The number of anilines is 2. The van der Waals surface area contributed by atoms with Crippen molar-refractivity contribution in [1.29, 1.82) is 0 Å². The predicted molar refractivity (Wildman–Crippen MR) is 102 cm³/mol. The molecule has 0 unspecified atom stereocenters. The molecule has 1 aromatic carbocycles. The lowest BCUT2D eigenvalue weighted by Crippen LogP contribution is -2.52. The van der Waals surface area contributed by atoms with E-state index in [9.17, 15) is 9.59 Å². The fourth-order valence-corrected chi connectivity index (χ4v) is 4.68. The number of amides is 2. The van der Waals surface area contributed by atoms with Crippen molar-refractivity contribution in [3.63, 3.8) is 0 Å². The van der Waals surface area contributed by atoms with Gasteiger partial charge in [0.15, 0.2) is 0 Å². The highest BCUT2D eigenvalue weighted by Crippen LogP contribution is 2.39. The maximum absolute atomic E-state index is 13.0. The molecule has 2 amide bonds. The number of likely N-dealkylation sites (tertiary alicyclic amines) is 2. The Bertz CT molecular complexity index is 697. The van der Waals surface area contributed by atoms with Crippen LogP contribution in [-0.4, -0.2) is 67.9 Å². The molecule has 26 heavy (non-hydrogen) atoms. The zero-order valence-electron chi connectivity index (χ0n) is 15.5. The Balaban J connectivity index is 1.44. The molecular weight excluding hydrogens is 328 g/mol. The number of fused-ring (bicyclic) bond motifs is 1. The highest BCUT2D eigenvalue weighted by Gasteiger charge is 2.38. The Kier molecular flexibility index (Phi) is 4.71. The van der Waals surface area contributed by atoms with Gasteiger partial charge in [-0.05, 0) is 69.9 Å². The summed E-state index contributed by atoms with van der Waals surface area (Å²) < 4.78 is 0. The summed E-state index contributed by atoms with van der Waals surface area (Å²) in [6, 6.07) is 7.54. The number of carbonyl (C=O) groups is 2. The molecule has 3 aliphatic heterocycles. The molecular formula is C20H28N4O2. The van der Waals surface area contributed by atoms with Crippen molar-refractivity contribution in [3.8, 4) is 0 Å². The van der Waals surface area contributed by atoms with Crippen LogP contribution in [0.5, 0.6) is 0 Å². The van der Waals surface area contributed by atoms with E-state index in [2.05, 4.69) is 22.2 Å². The van der Waals surface area contributed by atoms with Crippen molar-refractivity contribution >= 4 is 23.2 Å². The minimum absolute atomic E-state index is 0.0253. The lowest BCUT2D eigenvalue weighted by atomic mass is 9.72. The summed E-state index contributed by atoms with van der Waals surface area (Å²) in [7, 11) is 2.19. The van der Waals surface area contributed by atoms with Gasteiger partial charge < -0.3 is 10.2 Å². The van der Waals surface area contributed by atoms with Gasteiger partial charge in [0.25, 0.3) is 0 Å². The number of para-hydroxylation sites is 2. The number of piperidine rings is 2. The summed E-state index contributed by atoms with van der Waals surface area (Å²) in [5, 5.41) is 2.85. The SMILES string of the molecule is CN1CCC2(CCCN(CC(=O)N3CC(=O)Nc4ccccc43)C2)CC1. The molecule has 3 aliphatic rings. The first kappa shape index (κ1) is 17.5. The molecule has 1 N–H and O–H groups in total. The minimum atomic E-state index is -0.123. The zero-order valence-corrected chi connectivity index (χ0v) is 15.5. The van der Waals surface area contributed by atoms with E-state index in [1.807, 2.05) is 24.3 Å². The normalized spacial score (nSPS) is 23.6. The number of benzene rings is 1. The molecule has 6 heteroatoms. The number of nitrogens with one attached hydrogen (secondary N) is 1. The van der Waals surface area contributed by atoms with Gasteiger partial charge in [0.05, 0.1) is 17.9 Å². The van der Waals surface area contributed by atoms with Crippen molar-refractivity contribution in [3.05, 3.63) is 24.3 Å². The van der Waals surface area contributed by atoms with Gasteiger partial charge in [-0.15, -0.1) is 0 Å². The van der Waals surface area contributed by atoms with Crippen LogP contribution in [-0.2, 0) is 9.59 Å². The maximum atomic E-state index is 13.0. The van der Waals surface area contributed by atoms with E-state index in [1.54, 1.807) is 4.90 Å². The van der Waals surface area contributed by atoms with Gasteiger partial charge in [0, 0.05) is 6.54 Å². The standard InChI is InChI=1S/C20H28N4O2/c1-22-11-8-20(9-12-22)7-4-10-23(15-20)14-19(26)24-13-18(25)21-16-5-2-3-6-17(16)24/h2-3,5-6H,4,7-15H2,1H3,(H,21,25). The summed E-state index contributed by atoms with van der Waals surface area (Å²) in [4.78, 5) is 31.3. The van der Waals surface area contributed by atoms with Crippen LogP contribution in [0.4, 0.5) is 11.4 Å². The average molecular weight is 356 g/mol. The summed E-state index contributed by atoms with van der Waals surface area (Å²) in [5.74, 6) is -0.0974. The van der Waals surface area contributed by atoms with E-state index in [4.69, 9.17) is 0 Å². The predicted octanol–water partition coefficient (Wildman–Crippen LogP) is 1.78. The topological polar surface area (TPSA) is 55.9 Å². The first-order valence-electron chi connectivity index (χ1n) is 9.65. The highest BCUT2D eigenvalue weighted by molar-refractivity contribution is 6.10. The van der Waals surface area contributed by atoms with Crippen molar-refractivity contribution < 1.29 is 9.59 Å². The molecule has 4 rings (SSSR count). The summed E-state index contributed by atoms with van der Waals surface area (Å²) >= 11 is 0. The molecule has 0 saturated carbocycles. The van der Waals surface area contributed by atoms with Crippen LogP contribution >= 0.6 is 0 Å². The molecule has 0 aliphatic carbocycles. The molecule has 0 bridgehead atoms. The number of nitrogens with zero attached hydrogens (tertiary/aromatic N) is 3. The summed E-state index contributed by atoms with van der Waals surface area (Å²) in [5.41, 5.74) is 1.91. The molecule has 2 fully saturated rings. The van der Waals surface area contributed by atoms with E-state index in [1.165, 1.54) is 19.3 Å². The van der Waals surface area contributed by atoms with Crippen LogP contribution in [0.1, 0.15) is 25.7 Å². The first-order valence-corrected chi connectivity index (χ1v) is 9.65. The Morgan fingerprint density at radius 2 is 1.92 bits per heavy atom. The molecule has 140 valence electrons. The number of carbonyl (C=O) groups excluding carboxylic acids is 2. The van der Waals surface area contributed by atoms with Crippen molar-refractivity contribution in [2.24, 2.45) is 5.41 Å². The molecule has 1 spiro atoms. The van der Waals surface area contributed by atoms with Gasteiger partial charge in [-0.25, -0.2) is 0 Å². The number of hydrogen-bond acceptors (Lipinski definition) is 4. The van der Waals surface area contributed by atoms with E-state index in [-0.39, 0.29) is 18.4 Å².